The third-order valence-corrected chi connectivity index (χ3v) is 3.24. The Morgan fingerprint density at radius 1 is 1.10 bits per heavy atom. The quantitative estimate of drug-likeness (QED) is 0.911. The molecule has 2 aromatic heterocycles. The van der Waals surface area contributed by atoms with Crippen molar-refractivity contribution in [2.75, 3.05) is 26.2 Å². The Morgan fingerprint density at radius 3 is 2.50 bits per heavy atom. The molecule has 0 unspecified atom stereocenters. The Morgan fingerprint density at radius 2 is 1.80 bits per heavy atom. The van der Waals surface area contributed by atoms with Crippen LogP contribution in [0, 0.1) is 6.92 Å². The molecule has 2 aromatic rings. The minimum atomic E-state index is 0. The number of aryl methyl sites for hydroxylation is 1. The summed E-state index contributed by atoms with van der Waals surface area (Å²) in [5.74, 6) is 0. The first-order chi connectivity index (χ1) is 8.31. The Labute approximate surface area is 138 Å². The van der Waals surface area contributed by atoms with Gasteiger partial charge in [-0.2, -0.15) is 0 Å². The van der Waals surface area contributed by atoms with E-state index in [0.29, 0.717) is 0 Å². The molecule has 1 N–H and O–H groups in total. The Hall–Kier alpha value is -0.520. The molecule has 7 heteroatoms. The number of hydrogen-bond acceptors (Lipinski definition) is 3. The second kappa shape index (κ2) is 8.70. The van der Waals surface area contributed by atoms with Crippen LogP contribution in [-0.2, 0) is 6.54 Å². The zero-order chi connectivity index (χ0) is 11.7. The van der Waals surface area contributed by atoms with Gasteiger partial charge >= 0.3 is 0 Å². The molecule has 114 valence electrons. The first-order valence-electron chi connectivity index (χ1n) is 6.18. The predicted octanol–water partition coefficient (Wildman–Crippen LogP) is 2.31. The van der Waals surface area contributed by atoms with Crippen LogP contribution in [0.5, 0.6) is 0 Å². The smallest absolute Gasteiger partial charge is 0.137 e. The second-order valence-electron chi connectivity index (χ2n) is 4.73. The van der Waals surface area contributed by atoms with Gasteiger partial charge in [-0.1, -0.05) is 6.07 Å². The third-order valence-electron chi connectivity index (χ3n) is 3.24. The van der Waals surface area contributed by atoms with Crippen LogP contribution in [0.4, 0.5) is 0 Å². The van der Waals surface area contributed by atoms with Crippen molar-refractivity contribution in [2.45, 2.75) is 13.5 Å². The molecule has 0 bridgehead atoms. The molecule has 1 fully saturated rings. The Balaban J connectivity index is 0.00000120. The lowest BCUT2D eigenvalue weighted by Crippen LogP contribution is -2.42. The number of fused-ring (bicyclic) bond motifs is 1. The summed E-state index contributed by atoms with van der Waals surface area (Å²) < 4.78 is 2.12. The average molecular weight is 340 g/mol. The molecular formula is C13H21Cl3N4. The number of aromatic nitrogens is 2. The van der Waals surface area contributed by atoms with Gasteiger partial charge in [0, 0.05) is 45.1 Å². The molecule has 0 aliphatic carbocycles. The van der Waals surface area contributed by atoms with Gasteiger partial charge in [0.05, 0.1) is 5.69 Å². The number of nitrogens with zero attached hydrogens (tertiary/aromatic N) is 3. The van der Waals surface area contributed by atoms with Crippen molar-refractivity contribution >= 4 is 42.9 Å². The summed E-state index contributed by atoms with van der Waals surface area (Å²) in [6.45, 7) is 7.48. The van der Waals surface area contributed by atoms with Crippen LogP contribution < -0.4 is 5.32 Å². The molecule has 0 atom stereocenters. The van der Waals surface area contributed by atoms with Crippen LogP contribution in [0.1, 0.15) is 11.3 Å². The summed E-state index contributed by atoms with van der Waals surface area (Å²) in [5.41, 5.74) is 3.47. The number of rotatable bonds is 2. The number of halogens is 3. The first-order valence-corrected chi connectivity index (χ1v) is 6.18. The summed E-state index contributed by atoms with van der Waals surface area (Å²) in [7, 11) is 0. The van der Waals surface area contributed by atoms with Crippen LogP contribution in [0.25, 0.3) is 5.65 Å². The predicted molar refractivity (Wildman–Crippen MR) is 89.8 cm³/mol. The van der Waals surface area contributed by atoms with Crippen molar-refractivity contribution in [3.05, 3.63) is 35.8 Å². The molecule has 0 saturated carbocycles. The van der Waals surface area contributed by atoms with E-state index in [-0.39, 0.29) is 37.2 Å². The van der Waals surface area contributed by atoms with E-state index in [1.165, 1.54) is 5.56 Å². The van der Waals surface area contributed by atoms with Crippen molar-refractivity contribution in [3.63, 3.8) is 0 Å². The fourth-order valence-electron chi connectivity index (χ4n) is 2.33. The number of pyridine rings is 1. The highest BCUT2D eigenvalue weighted by molar-refractivity contribution is 5.86. The minimum Gasteiger partial charge on any atom is -0.314 e. The topological polar surface area (TPSA) is 32.6 Å². The molecule has 4 nitrogen and oxygen atoms in total. The van der Waals surface area contributed by atoms with E-state index in [2.05, 4.69) is 51.1 Å². The van der Waals surface area contributed by atoms with Crippen LogP contribution in [0.3, 0.4) is 0 Å². The van der Waals surface area contributed by atoms with Gasteiger partial charge in [-0.05, 0) is 18.6 Å². The van der Waals surface area contributed by atoms with Crippen molar-refractivity contribution in [2.24, 2.45) is 0 Å². The molecule has 0 aromatic carbocycles. The lowest BCUT2D eigenvalue weighted by atomic mass is 10.3. The summed E-state index contributed by atoms with van der Waals surface area (Å²) in [5, 5.41) is 3.37. The monoisotopic (exact) mass is 338 g/mol. The molecule has 3 rings (SSSR count). The van der Waals surface area contributed by atoms with Crippen LogP contribution in [0.2, 0.25) is 0 Å². The van der Waals surface area contributed by atoms with E-state index in [1.54, 1.807) is 0 Å². The summed E-state index contributed by atoms with van der Waals surface area (Å²) in [6, 6.07) is 4.19. The van der Waals surface area contributed by atoms with Crippen molar-refractivity contribution in [1.29, 1.82) is 0 Å². The maximum atomic E-state index is 4.65. The average Bonchev–Trinajstić information content (AvgIpc) is 2.71. The lowest BCUT2D eigenvalue weighted by Gasteiger charge is -2.26. The fraction of sp³-hybridized carbons (Fsp3) is 0.462. The van der Waals surface area contributed by atoms with Crippen LogP contribution in [0.15, 0.2) is 24.5 Å². The van der Waals surface area contributed by atoms with Gasteiger partial charge < -0.3 is 9.72 Å². The van der Waals surface area contributed by atoms with Gasteiger partial charge in [0.1, 0.15) is 5.65 Å². The largest absolute Gasteiger partial charge is 0.314 e. The third kappa shape index (κ3) is 4.50. The van der Waals surface area contributed by atoms with Gasteiger partial charge in [-0.15, -0.1) is 37.2 Å². The van der Waals surface area contributed by atoms with E-state index in [0.717, 1.165) is 44.1 Å². The van der Waals surface area contributed by atoms with E-state index < -0.39 is 0 Å². The van der Waals surface area contributed by atoms with Crippen molar-refractivity contribution in [1.82, 2.24) is 19.6 Å². The van der Waals surface area contributed by atoms with Crippen molar-refractivity contribution < 1.29 is 0 Å². The summed E-state index contributed by atoms with van der Waals surface area (Å²) in [4.78, 5) is 7.10. The standard InChI is InChI=1S/C13H18N4.3ClH/c1-11-2-3-13-15-12(10-17(13)8-11)9-16-6-4-14-5-7-16;;;/h2-3,8,10,14H,4-7,9H2,1H3;3*1H. The number of piperazine rings is 1. The number of imidazole rings is 1. The van der Waals surface area contributed by atoms with Gasteiger partial charge in [0.2, 0.25) is 0 Å². The van der Waals surface area contributed by atoms with Crippen LogP contribution >= 0.6 is 37.2 Å². The van der Waals surface area contributed by atoms with Crippen LogP contribution in [-0.4, -0.2) is 40.5 Å². The molecule has 1 saturated heterocycles. The fourth-order valence-corrected chi connectivity index (χ4v) is 2.33. The number of nitrogens with one attached hydrogen (secondary N) is 1. The van der Waals surface area contributed by atoms with E-state index in [9.17, 15) is 0 Å². The van der Waals surface area contributed by atoms with Crippen molar-refractivity contribution in [3.8, 4) is 0 Å². The lowest BCUT2D eigenvalue weighted by molar-refractivity contribution is 0.231. The Bertz CT molecular complexity index is 523. The molecular weight excluding hydrogens is 319 g/mol. The molecule has 0 spiro atoms. The highest BCUT2D eigenvalue weighted by atomic mass is 35.5. The molecule has 1 aliphatic heterocycles. The second-order valence-corrected chi connectivity index (χ2v) is 4.73. The van der Waals surface area contributed by atoms with E-state index in [1.807, 2.05) is 0 Å². The van der Waals surface area contributed by atoms with E-state index in [4.69, 9.17) is 0 Å². The molecule has 20 heavy (non-hydrogen) atoms. The van der Waals surface area contributed by atoms with E-state index >= 15 is 0 Å². The highest BCUT2D eigenvalue weighted by Gasteiger charge is 2.11. The maximum absolute atomic E-state index is 4.65. The Kier molecular flexibility index (Phi) is 8.47. The van der Waals surface area contributed by atoms with Gasteiger partial charge in [-0.3, -0.25) is 4.90 Å². The normalized spacial score (nSPS) is 15.1. The molecule has 1 aliphatic rings. The molecule has 0 radical (unpaired) electrons. The minimum absolute atomic E-state index is 0. The highest BCUT2D eigenvalue weighted by Crippen LogP contribution is 2.09. The zero-order valence-electron chi connectivity index (χ0n) is 11.4. The zero-order valence-corrected chi connectivity index (χ0v) is 13.9. The number of hydrogen-bond donors (Lipinski definition) is 1. The van der Waals surface area contributed by atoms with Gasteiger partial charge in [-0.25, -0.2) is 4.98 Å². The molecule has 0 amide bonds. The summed E-state index contributed by atoms with van der Waals surface area (Å²) in [6.07, 6.45) is 4.27. The SMILES string of the molecule is Cc1ccc2nc(CN3CCNCC3)cn2c1.Cl.Cl.Cl. The van der Waals surface area contributed by atoms with Gasteiger partial charge in [0.25, 0.3) is 0 Å². The van der Waals surface area contributed by atoms with Gasteiger partial charge in [0.15, 0.2) is 0 Å². The summed E-state index contributed by atoms with van der Waals surface area (Å²) >= 11 is 0. The first kappa shape index (κ1) is 19.5. The molecule has 3 heterocycles. The maximum Gasteiger partial charge on any atom is 0.137 e.